The minimum atomic E-state index is -3.55. The van der Waals surface area contributed by atoms with Gasteiger partial charge >= 0.3 is 6.03 Å². The van der Waals surface area contributed by atoms with Crippen LogP contribution in [-0.2, 0) is 30.8 Å². The van der Waals surface area contributed by atoms with E-state index in [1.165, 1.54) is 25.1 Å². The van der Waals surface area contributed by atoms with E-state index in [2.05, 4.69) is 27.8 Å². The maximum absolute atomic E-state index is 14.2. The normalized spacial score (nSPS) is 18.4. The Morgan fingerprint density at radius 3 is 2.23 bits per heavy atom. The monoisotopic (exact) mass is 758 g/mol. The van der Waals surface area contributed by atoms with Gasteiger partial charge in [-0.15, -0.1) is 6.58 Å². The van der Waals surface area contributed by atoms with Crippen LogP contribution in [-0.4, -0.2) is 117 Å². The number of phenolic OH excluding ortho intramolecular Hbond substituents is 1. The van der Waals surface area contributed by atoms with Gasteiger partial charge in [0.05, 0.1) is 13.4 Å². The number of rotatable bonds is 16. The number of urea groups is 1. The van der Waals surface area contributed by atoms with E-state index >= 15 is 0 Å². The third-order valence-electron chi connectivity index (χ3n) is 9.00. The van der Waals surface area contributed by atoms with Crippen LogP contribution < -0.4 is 26.0 Å². The molecule has 1 aromatic carbocycles. The number of methoxy groups -OCH3 is 1. The largest absolute Gasteiger partial charge is 0.504 e. The first-order valence-corrected chi connectivity index (χ1v) is 18.9. The Hall–Kier alpha value is -3.99. The predicted molar refractivity (Wildman–Crippen MR) is 193 cm³/mol. The van der Waals surface area contributed by atoms with Gasteiger partial charge in [-0.3, -0.25) is 14.4 Å². The summed E-state index contributed by atoms with van der Waals surface area (Å²) in [6.07, 6.45) is -0.907. The molecule has 14 nitrogen and oxygen atoms in total. The third kappa shape index (κ3) is 12.9. The average Bonchev–Trinajstić information content (AvgIpc) is 3.46. The maximum Gasteiger partial charge on any atom is 0.315 e. The Kier molecular flexibility index (Phi) is 15.4. The lowest BCUT2D eigenvalue weighted by Gasteiger charge is -2.37. The van der Waals surface area contributed by atoms with Crippen LogP contribution >= 0.6 is 0 Å². The molecule has 52 heavy (non-hydrogen) atoms. The fourth-order valence-corrected chi connectivity index (χ4v) is 6.05. The molecular weight excluding hydrogens is 702 g/mol. The number of aromatic hydroxyl groups is 1. The summed E-state index contributed by atoms with van der Waals surface area (Å²) in [7, 11) is -0.753. The highest BCUT2D eigenvalue weighted by Gasteiger charge is 2.45. The van der Waals surface area contributed by atoms with Crippen molar-refractivity contribution in [3.63, 3.8) is 0 Å². The topological polar surface area (TPSA) is 186 Å². The Morgan fingerprint density at radius 1 is 1.10 bits per heavy atom. The van der Waals surface area contributed by atoms with Crippen molar-refractivity contribution in [1.82, 2.24) is 30.5 Å². The molecule has 1 heterocycles. The zero-order valence-electron chi connectivity index (χ0n) is 31.6. The number of halogens is 2. The first-order valence-electron chi connectivity index (χ1n) is 17.0. The number of sulfonamides is 1. The zero-order chi connectivity index (χ0) is 39.8. The highest BCUT2D eigenvalue weighted by Crippen LogP contribution is 2.30. The van der Waals surface area contributed by atoms with Gasteiger partial charge in [0.1, 0.15) is 18.1 Å². The second-order valence-corrected chi connectivity index (χ2v) is 17.4. The molecule has 0 aromatic heterocycles. The van der Waals surface area contributed by atoms with Gasteiger partial charge in [-0.2, -0.15) is 0 Å². The van der Waals surface area contributed by atoms with Gasteiger partial charge in [0.15, 0.2) is 11.5 Å². The van der Waals surface area contributed by atoms with E-state index in [1.54, 1.807) is 39.0 Å². The third-order valence-corrected chi connectivity index (χ3v) is 10.3. The Morgan fingerprint density at radius 2 is 1.73 bits per heavy atom. The van der Waals surface area contributed by atoms with E-state index in [0.717, 1.165) is 10.6 Å². The first-order chi connectivity index (χ1) is 23.9. The van der Waals surface area contributed by atoms with E-state index in [4.69, 9.17) is 4.74 Å². The van der Waals surface area contributed by atoms with Crippen LogP contribution in [0.3, 0.4) is 0 Å². The van der Waals surface area contributed by atoms with Crippen LogP contribution in [0.4, 0.5) is 13.6 Å². The lowest BCUT2D eigenvalue weighted by molar-refractivity contribution is -0.142. The van der Waals surface area contributed by atoms with E-state index in [9.17, 15) is 41.5 Å². The van der Waals surface area contributed by atoms with Gasteiger partial charge in [0.25, 0.3) is 0 Å². The van der Waals surface area contributed by atoms with Crippen LogP contribution in [0.5, 0.6) is 11.5 Å². The highest BCUT2D eigenvalue weighted by molar-refractivity contribution is 7.88. The molecule has 5 N–H and O–H groups in total. The minimum Gasteiger partial charge on any atom is -0.504 e. The van der Waals surface area contributed by atoms with Crippen LogP contribution in [0.1, 0.15) is 59.9 Å². The Labute approximate surface area is 306 Å². The second kappa shape index (κ2) is 18.2. The van der Waals surface area contributed by atoms with Gasteiger partial charge < -0.3 is 36.0 Å². The number of benzene rings is 1. The summed E-state index contributed by atoms with van der Waals surface area (Å²) in [5.41, 5.74) is -0.803. The molecule has 294 valence electrons. The van der Waals surface area contributed by atoms with Crippen molar-refractivity contribution in [2.24, 2.45) is 16.7 Å². The van der Waals surface area contributed by atoms with Crippen LogP contribution in [0.25, 0.3) is 0 Å². The number of carbonyl (C=O) groups is 4. The number of amides is 5. The summed E-state index contributed by atoms with van der Waals surface area (Å²) in [5, 5.41) is 20.5. The summed E-state index contributed by atoms with van der Waals surface area (Å²) < 4.78 is 57.5. The molecule has 1 aliphatic heterocycles. The molecule has 5 atom stereocenters. The van der Waals surface area contributed by atoms with Crippen molar-refractivity contribution in [3.8, 4) is 11.5 Å². The van der Waals surface area contributed by atoms with Crippen LogP contribution in [0.15, 0.2) is 30.9 Å². The fourth-order valence-electron chi connectivity index (χ4n) is 5.63. The maximum atomic E-state index is 14.2. The predicted octanol–water partition coefficient (Wildman–Crippen LogP) is 2.62. The number of nitrogens with zero attached hydrogens (tertiary/aromatic N) is 2. The SMILES string of the molecule is C=CC1C[C@@H](C(=O)N[C@@H](CC(F)F)C(=O)NCCc2ccc(OC)c(O)c2)N(C(=O)[C@@H](NC(=O)N[C@H](CN(C)S(C)(=O)=O)C(C)(C)C)C(C)(C)C)C1. The van der Waals surface area contributed by atoms with E-state index < -0.39 is 81.6 Å². The van der Waals surface area contributed by atoms with Gasteiger partial charge in [0.2, 0.25) is 34.2 Å². The van der Waals surface area contributed by atoms with Crippen molar-refractivity contribution in [1.29, 1.82) is 0 Å². The molecule has 17 heteroatoms. The van der Waals surface area contributed by atoms with Crippen molar-refractivity contribution in [3.05, 3.63) is 36.4 Å². The lowest BCUT2D eigenvalue weighted by atomic mass is 9.85. The summed E-state index contributed by atoms with van der Waals surface area (Å²) in [6.45, 7) is 14.5. The van der Waals surface area contributed by atoms with Gasteiger partial charge in [-0.25, -0.2) is 26.3 Å². The number of nitrogens with one attached hydrogen (secondary N) is 4. The highest BCUT2D eigenvalue weighted by atomic mass is 32.2. The lowest BCUT2D eigenvalue weighted by Crippen LogP contribution is -2.62. The number of phenols is 1. The van der Waals surface area contributed by atoms with Crippen LogP contribution in [0.2, 0.25) is 0 Å². The quantitative estimate of drug-likeness (QED) is 0.159. The molecule has 1 saturated heterocycles. The van der Waals surface area contributed by atoms with Crippen LogP contribution in [0, 0.1) is 16.7 Å². The van der Waals surface area contributed by atoms with Crippen molar-refractivity contribution in [2.75, 3.05) is 40.0 Å². The van der Waals surface area contributed by atoms with Crippen molar-refractivity contribution in [2.45, 2.75) is 91.4 Å². The molecule has 5 amide bonds. The van der Waals surface area contributed by atoms with Gasteiger partial charge in [-0.1, -0.05) is 53.7 Å². The Bertz CT molecular complexity index is 1550. The van der Waals surface area contributed by atoms with E-state index in [1.807, 2.05) is 20.8 Å². The molecule has 0 aliphatic carbocycles. The molecule has 0 radical (unpaired) electrons. The number of ether oxygens (including phenoxy) is 1. The standard InChI is InChI=1S/C35H56F2N6O8S/c1-11-21-16-24(31(46)39-23(18-28(36)37)30(45)38-15-14-22-12-13-26(51-9)25(44)17-22)43(19-21)32(47)29(35(5,6)7)41-33(48)40-27(34(2,3)4)20-42(8)52(10,49)50/h11-13,17,21,23-24,27-29,44H,1,14-16,18-20H2,2-10H3,(H,38,45)(H,39,46)(H2,40,41,48)/t21?,23-,24-,27+,29+/m0/s1. The number of likely N-dealkylation sites (N-methyl/N-ethyl adjacent to an activating group) is 1. The van der Waals surface area contributed by atoms with Crippen molar-refractivity contribution >= 4 is 33.8 Å². The minimum absolute atomic E-state index is 0.0222. The molecule has 0 saturated carbocycles. The molecule has 1 aliphatic rings. The number of carbonyl (C=O) groups excluding carboxylic acids is 4. The average molecular weight is 759 g/mol. The molecule has 0 bridgehead atoms. The first kappa shape index (κ1) is 44.2. The summed E-state index contributed by atoms with van der Waals surface area (Å²) in [5.74, 6) is -2.43. The number of hydrogen-bond donors (Lipinski definition) is 5. The molecule has 1 unspecified atom stereocenters. The number of alkyl halides is 2. The number of likely N-dealkylation sites (tertiary alicyclic amines) is 1. The molecule has 2 rings (SSSR count). The number of hydrogen-bond acceptors (Lipinski definition) is 8. The zero-order valence-corrected chi connectivity index (χ0v) is 32.4. The van der Waals surface area contributed by atoms with Crippen molar-refractivity contribution < 1.29 is 46.2 Å². The summed E-state index contributed by atoms with van der Waals surface area (Å²) in [6, 6.07) is -0.646. The fraction of sp³-hybridized carbons (Fsp3) is 0.657. The van der Waals surface area contributed by atoms with Gasteiger partial charge in [0, 0.05) is 39.1 Å². The Balaban J connectivity index is 2.24. The molecule has 1 fully saturated rings. The van der Waals surface area contributed by atoms with Gasteiger partial charge in [-0.05, 0) is 47.3 Å². The molecule has 1 aromatic rings. The smallest absolute Gasteiger partial charge is 0.315 e. The molecular formula is C35H56F2N6O8S. The second-order valence-electron chi connectivity index (χ2n) is 15.4. The summed E-state index contributed by atoms with van der Waals surface area (Å²) in [4.78, 5) is 55.6. The van der Waals surface area contributed by atoms with E-state index in [-0.39, 0.29) is 49.9 Å². The summed E-state index contributed by atoms with van der Waals surface area (Å²) >= 11 is 0. The molecule has 0 spiro atoms. The van der Waals surface area contributed by atoms with E-state index in [0.29, 0.717) is 5.56 Å².